The number of hydrogen-bond donors (Lipinski definition) is 1. The Hall–Kier alpha value is -2.07. The Bertz CT molecular complexity index is 663. The second-order valence-electron chi connectivity index (χ2n) is 3.72. The van der Waals surface area contributed by atoms with E-state index in [0.29, 0.717) is 16.3 Å². The largest absolute Gasteiger partial charge is 0.453 e. The summed E-state index contributed by atoms with van der Waals surface area (Å²) in [5, 5.41) is 2.68. The number of nitrogens with two attached hydrogens (primary N) is 1. The van der Waals surface area contributed by atoms with Crippen LogP contribution < -0.4 is 5.73 Å². The Morgan fingerprint density at radius 1 is 1.24 bits per heavy atom. The lowest BCUT2D eigenvalue weighted by Crippen LogP contribution is -1.95. The highest BCUT2D eigenvalue weighted by molar-refractivity contribution is 7.12. The Labute approximate surface area is 101 Å². The lowest BCUT2D eigenvalue weighted by Gasteiger charge is -1.90. The van der Waals surface area contributed by atoms with E-state index in [1.165, 1.54) is 11.3 Å². The maximum absolute atomic E-state index is 12.1. The molecule has 0 aliphatic heterocycles. The first-order chi connectivity index (χ1) is 8.24. The lowest BCUT2D eigenvalue weighted by molar-refractivity contribution is 0.101. The molecule has 3 nitrogen and oxygen atoms in total. The van der Waals surface area contributed by atoms with Gasteiger partial charge in [0.15, 0.2) is 5.76 Å². The number of carbonyl (C=O) groups is 1. The highest BCUT2D eigenvalue weighted by Gasteiger charge is 2.15. The van der Waals surface area contributed by atoms with Crippen LogP contribution in [0.4, 0.5) is 5.69 Å². The Balaban J connectivity index is 2.06. The minimum atomic E-state index is -0.122. The average molecular weight is 243 g/mol. The van der Waals surface area contributed by atoms with Crippen LogP contribution in [0.3, 0.4) is 0 Å². The molecular weight excluding hydrogens is 234 g/mol. The molecule has 17 heavy (non-hydrogen) atoms. The van der Waals surface area contributed by atoms with Gasteiger partial charge in [-0.2, -0.15) is 0 Å². The number of fused-ring (bicyclic) bond motifs is 1. The normalized spacial score (nSPS) is 10.8. The predicted octanol–water partition coefficient (Wildman–Crippen LogP) is 3.31. The van der Waals surface area contributed by atoms with Crippen molar-refractivity contribution in [3.8, 4) is 0 Å². The van der Waals surface area contributed by atoms with E-state index in [0.717, 1.165) is 11.0 Å². The molecule has 0 spiro atoms. The maximum atomic E-state index is 12.1. The lowest BCUT2D eigenvalue weighted by atomic mass is 10.2. The number of rotatable bonds is 2. The maximum Gasteiger partial charge on any atom is 0.238 e. The van der Waals surface area contributed by atoms with Crippen molar-refractivity contribution in [2.45, 2.75) is 0 Å². The molecule has 0 atom stereocenters. The van der Waals surface area contributed by atoms with E-state index in [1.54, 1.807) is 17.5 Å². The second-order valence-corrected chi connectivity index (χ2v) is 4.63. The summed E-state index contributed by atoms with van der Waals surface area (Å²) < 4.78 is 5.51. The molecular formula is C13H9NO2S. The van der Waals surface area contributed by atoms with Gasteiger partial charge in [0.1, 0.15) is 5.58 Å². The van der Waals surface area contributed by atoms with Crippen LogP contribution in [0.25, 0.3) is 11.0 Å². The Kier molecular flexibility index (Phi) is 2.23. The summed E-state index contributed by atoms with van der Waals surface area (Å²) in [6.45, 7) is 0. The minimum absolute atomic E-state index is 0.122. The van der Waals surface area contributed by atoms with Gasteiger partial charge in [-0.1, -0.05) is 18.2 Å². The molecule has 1 aromatic carbocycles. The molecule has 2 heterocycles. The van der Waals surface area contributed by atoms with Crippen LogP contribution in [0, 0.1) is 0 Å². The SMILES string of the molecule is Nc1csc(C(=O)c2cc3ccccc3o2)c1. The number of hydrogen-bond acceptors (Lipinski definition) is 4. The molecule has 84 valence electrons. The van der Waals surface area contributed by atoms with Gasteiger partial charge in [-0.3, -0.25) is 4.79 Å². The summed E-state index contributed by atoms with van der Waals surface area (Å²) >= 11 is 1.33. The number of ketones is 1. The number of furan rings is 1. The first-order valence-corrected chi connectivity index (χ1v) is 5.99. The van der Waals surface area contributed by atoms with E-state index in [-0.39, 0.29) is 5.78 Å². The van der Waals surface area contributed by atoms with Crippen LogP contribution in [0.5, 0.6) is 0 Å². The van der Waals surface area contributed by atoms with Gasteiger partial charge in [-0.15, -0.1) is 11.3 Å². The van der Waals surface area contributed by atoms with E-state index in [1.807, 2.05) is 24.3 Å². The molecule has 0 amide bonds. The monoisotopic (exact) mass is 243 g/mol. The smallest absolute Gasteiger partial charge is 0.238 e. The van der Waals surface area contributed by atoms with Crippen LogP contribution in [-0.2, 0) is 0 Å². The molecule has 0 unspecified atom stereocenters. The van der Waals surface area contributed by atoms with Gasteiger partial charge >= 0.3 is 0 Å². The fraction of sp³-hybridized carbons (Fsp3) is 0. The Morgan fingerprint density at radius 2 is 2.06 bits per heavy atom. The third-order valence-corrected chi connectivity index (χ3v) is 3.44. The van der Waals surface area contributed by atoms with Crippen molar-refractivity contribution >= 4 is 33.8 Å². The summed E-state index contributed by atoms with van der Waals surface area (Å²) in [5.41, 5.74) is 6.93. The third kappa shape index (κ3) is 1.72. The first-order valence-electron chi connectivity index (χ1n) is 5.11. The van der Waals surface area contributed by atoms with Gasteiger partial charge in [0.25, 0.3) is 0 Å². The van der Waals surface area contributed by atoms with E-state index < -0.39 is 0 Å². The zero-order valence-corrected chi connectivity index (χ0v) is 9.66. The van der Waals surface area contributed by atoms with Gasteiger partial charge in [0, 0.05) is 16.5 Å². The van der Waals surface area contributed by atoms with Gasteiger partial charge in [-0.05, 0) is 18.2 Å². The number of anilines is 1. The van der Waals surface area contributed by atoms with Gasteiger partial charge < -0.3 is 10.2 Å². The molecule has 2 N–H and O–H groups in total. The fourth-order valence-electron chi connectivity index (χ4n) is 1.69. The molecule has 0 radical (unpaired) electrons. The quantitative estimate of drug-likeness (QED) is 0.702. The van der Waals surface area contributed by atoms with Crippen molar-refractivity contribution in [1.29, 1.82) is 0 Å². The molecule has 0 bridgehead atoms. The molecule has 3 aromatic rings. The summed E-state index contributed by atoms with van der Waals surface area (Å²) in [5.74, 6) is 0.232. The highest BCUT2D eigenvalue weighted by atomic mass is 32.1. The number of benzene rings is 1. The minimum Gasteiger partial charge on any atom is -0.453 e. The molecule has 0 fully saturated rings. The summed E-state index contributed by atoms with van der Waals surface area (Å²) in [7, 11) is 0. The summed E-state index contributed by atoms with van der Waals surface area (Å²) in [6.07, 6.45) is 0. The molecule has 0 aliphatic carbocycles. The van der Waals surface area contributed by atoms with Gasteiger partial charge in [0.05, 0.1) is 4.88 Å². The molecule has 0 saturated heterocycles. The standard InChI is InChI=1S/C13H9NO2S/c14-9-6-12(17-7-9)13(15)11-5-8-3-1-2-4-10(8)16-11/h1-7H,14H2. The third-order valence-electron chi connectivity index (χ3n) is 2.49. The van der Waals surface area contributed by atoms with Crippen molar-refractivity contribution in [1.82, 2.24) is 0 Å². The average Bonchev–Trinajstić information content (AvgIpc) is 2.93. The van der Waals surface area contributed by atoms with E-state index >= 15 is 0 Å². The first kappa shape index (κ1) is 10.1. The summed E-state index contributed by atoms with van der Waals surface area (Å²) in [4.78, 5) is 12.7. The number of para-hydroxylation sites is 1. The van der Waals surface area contributed by atoms with Crippen molar-refractivity contribution in [3.63, 3.8) is 0 Å². The topological polar surface area (TPSA) is 56.2 Å². The second kappa shape index (κ2) is 3.75. The Morgan fingerprint density at radius 3 is 2.76 bits per heavy atom. The molecule has 0 saturated carbocycles. The van der Waals surface area contributed by atoms with E-state index in [9.17, 15) is 4.79 Å². The zero-order chi connectivity index (χ0) is 11.8. The zero-order valence-electron chi connectivity index (χ0n) is 8.84. The van der Waals surface area contributed by atoms with Crippen LogP contribution in [0.2, 0.25) is 0 Å². The predicted molar refractivity (Wildman–Crippen MR) is 68.4 cm³/mol. The molecule has 0 aliphatic rings. The highest BCUT2D eigenvalue weighted by Crippen LogP contribution is 2.24. The van der Waals surface area contributed by atoms with Gasteiger partial charge in [0.2, 0.25) is 5.78 Å². The van der Waals surface area contributed by atoms with E-state index in [4.69, 9.17) is 10.2 Å². The molecule has 2 aromatic heterocycles. The van der Waals surface area contributed by atoms with Crippen molar-refractivity contribution in [2.75, 3.05) is 5.73 Å². The van der Waals surface area contributed by atoms with Crippen LogP contribution >= 0.6 is 11.3 Å². The number of carbonyl (C=O) groups excluding carboxylic acids is 1. The van der Waals surface area contributed by atoms with E-state index in [2.05, 4.69) is 0 Å². The van der Waals surface area contributed by atoms with Crippen LogP contribution in [0.15, 0.2) is 46.2 Å². The van der Waals surface area contributed by atoms with Crippen LogP contribution in [0.1, 0.15) is 15.4 Å². The van der Waals surface area contributed by atoms with Crippen molar-refractivity contribution in [3.05, 3.63) is 52.4 Å². The summed E-state index contributed by atoms with van der Waals surface area (Å²) in [6, 6.07) is 11.0. The molecule has 3 rings (SSSR count). The number of thiophene rings is 1. The van der Waals surface area contributed by atoms with Gasteiger partial charge in [-0.25, -0.2) is 0 Å². The number of nitrogen functional groups attached to an aromatic ring is 1. The van der Waals surface area contributed by atoms with Crippen molar-refractivity contribution < 1.29 is 9.21 Å². The van der Waals surface area contributed by atoms with Crippen molar-refractivity contribution in [2.24, 2.45) is 0 Å². The molecule has 4 heteroatoms. The fourth-order valence-corrected chi connectivity index (χ4v) is 2.43. The van der Waals surface area contributed by atoms with Crippen LogP contribution in [-0.4, -0.2) is 5.78 Å².